The Morgan fingerprint density at radius 3 is 2.67 bits per heavy atom. The van der Waals surface area contributed by atoms with E-state index in [0.717, 1.165) is 38.4 Å². The summed E-state index contributed by atoms with van der Waals surface area (Å²) in [6.45, 7) is 6.25. The van der Waals surface area contributed by atoms with Crippen molar-refractivity contribution in [2.45, 2.75) is 20.0 Å². The fourth-order valence-electron chi connectivity index (χ4n) is 3.09. The quantitative estimate of drug-likeness (QED) is 0.625. The summed E-state index contributed by atoms with van der Waals surface area (Å²) >= 11 is 0. The molecule has 0 saturated carbocycles. The lowest BCUT2D eigenvalue weighted by molar-refractivity contribution is -0.385. The maximum atomic E-state index is 12.4. The number of hydrogen-bond acceptors (Lipinski definition) is 5. The number of carbonyl (C=O) groups is 1. The van der Waals surface area contributed by atoms with Crippen molar-refractivity contribution in [1.29, 1.82) is 0 Å². The molecule has 2 aromatic carbocycles. The van der Waals surface area contributed by atoms with Crippen LogP contribution in [-0.2, 0) is 17.8 Å². The summed E-state index contributed by atoms with van der Waals surface area (Å²) in [5.41, 5.74) is 2.96. The Labute approximate surface area is 158 Å². The summed E-state index contributed by atoms with van der Waals surface area (Å²) in [7, 11) is 0. The number of amides is 1. The number of nitro groups is 1. The minimum atomic E-state index is -0.471. The molecule has 142 valence electrons. The van der Waals surface area contributed by atoms with Crippen LogP contribution in [0.3, 0.4) is 0 Å². The second-order valence-electron chi connectivity index (χ2n) is 6.65. The van der Waals surface area contributed by atoms with E-state index in [2.05, 4.69) is 22.3 Å². The molecule has 7 heteroatoms. The Morgan fingerprint density at radius 1 is 1.19 bits per heavy atom. The van der Waals surface area contributed by atoms with E-state index in [4.69, 9.17) is 4.74 Å². The summed E-state index contributed by atoms with van der Waals surface area (Å²) in [5.74, 6) is -0.323. The summed E-state index contributed by atoms with van der Waals surface area (Å²) in [6.07, 6.45) is 0. The monoisotopic (exact) mass is 369 g/mol. The van der Waals surface area contributed by atoms with Crippen LogP contribution in [0.2, 0.25) is 0 Å². The first kappa shape index (κ1) is 19.0. The van der Waals surface area contributed by atoms with Crippen molar-refractivity contribution >= 4 is 11.6 Å². The Hall–Kier alpha value is -2.77. The molecule has 7 nitrogen and oxygen atoms in total. The highest BCUT2D eigenvalue weighted by atomic mass is 16.6. The van der Waals surface area contributed by atoms with Crippen molar-refractivity contribution in [3.63, 3.8) is 0 Å². The van der Waals surface area contributed by atoms with Crippen LogP contribution >= 0.6 is 0 Å². The maximum absolute atomic E-state index is 12.4. The number of benzene rings is 2. The van der Waals surface area contributed by atoms with E-state index in [1.54, 1.807) is 19.1 Å². The average molecular weight is 369 g/mol. The fourth-order valence-corrected chi connectivity index (χ4v) is 3.09. The predicted molar refractivity (Wildman–Crippen MR) is 102 cm³/mol. The van der Waals surface area contributed by atoms with Gasteiger partial charge in [0.2, 0.25) is 0 Å². The van der Waals surface area contributed by atoms with Crippen molar-refractivity contribution in [2.75, 3.05) is 26.3 Å². The number of nitro benzene ring substituents is 1. The molecule has 1 heterocycles. The number of ether oxygens (including phenoxy) is 1. The molecule has 0 atom stereocenters. The van der Waals surface area contributed by atoms with Gasteiger partial charge < -0.3 is 10.1 Å². The standard InChI is InChI=1S/C20H23N3O4/c1-15-5-6-18(12-19(15)23(25)26)20(24)21-13-16-3-2-4-17(11-16)14-22-7-9-27-10-8-22/h2-6,11-12H,7-10,13-14H2,1H3,(H,21,24). The van der Waals surface area contributed by atoms with Gasteiger partial charge in [0.1, 0.15) is 0 Å². The van der Waals surface area contributed by atoms with Gasteiger partial charge in [-0.05, 0) is 24.1 Å². The van der Waals surface area contributed by atoms with E-state index >= 15 is 0 Å². The number of hydrogen-bond donors (Lipinski definition) is 1. The van der Waals surface area contributed by atoms with Crippen LogP contribution in [0, 0.1) is 17.0 Å². The molecule has 0 unspecified atom stereocenters. The molecule has 0 aromatic heterocycles. The van der Waals surface area contributed by atoms with Gasteiger partial charge in [-0.15, -0.1) is 0 Å². The Balaban J connectivity index is 1.61. The fraction of sp³-hybridized carbons (Fsp3) is 0.350. The average Bonchev–Trinajstić information content (AvgIpc) is 2.67. The molecular weight excluding hydrogens is 346 g/mol. The van der Waals surface area contributed by atoms with E-state index in [1.807, 2.05) is 12.1 Å². The van der Waals surface area contributed by atoms with Gasteiger partial charge in [0.05, 0.1) is 18.1 Å². The molecule has 2 aromatic rings. The molecule has 1 N–H and O–H groups in total. The molecule has 0 bridgehead atoms. The SMILES string of the molecule is Cc1ccc(C(=O)NCc2cccc(CN3CCOCC3)c2)cc1[N+](=O)[O-]. The maximum Gasteiger partial charge on any atom is 0.273 e. The molecule has 0 radical (unpaired) electrons. The molecule has 1 aliphatic heterocycles. The predicted octanol–water partition coefficient (Wildman–Crippen LogP) is 2.67. The third-order valence-electron chi connectivity index (χ3n) is 4.62. The molecule has 0 spiro atoms. The number of nitrogens with zero attached hydrogens (tertiary/aromatic N) is 2. The molecule has 3 rings (SSSR count). The lowest BCUT2D eigenvalue weighted by Gasteiger charge is -2.26. The van der Waals surface area contributed by atoms with Gasteiger partial charge >= 0.3 is 0 Å². The van der Waals surface area contributed by atoms with Crippen LogP contribution < -0.4 is 5.32 Å². The van der Waals surface area contributed by atoms with Crippen LogP contribution in [-0.4, -0.2) is 42.0 Å². The first-order valence-corrected chi connectivity index (χ1v) is 8.94. The van der Waals surface area contributed by atoms with E-state index in [1.165, 1.54) is 11.6 Å². The Kier molecular flexibility index (Phi) is 6.16. The number of aryl methyl sites for hydroxylation is 1. The second kappa shape index (κ2) is 8.75. The lowest BCUT2D eigenvalue weighted by Crippen LogP contribution is -2.35. The molecule has 0 aliphatic carbocycles. The van der Waals surface area contributed by atoms with Gasteiger partial charge in [-0.1, -0.05) is 30.3 Å². The van der Waals surface area contributed by atoms with Crippen molar-refractivity contribution in [3.8, 4) is 0 Å². The molecule has 1 aliphatic rings. The van der Waals surface area contributed by atoms with Crippen LogP contribution in [0.4, 0.5) is 5.69 Å². The van der Waals surface area contributed by atoms with Gasteiger partial charge in [0.25, 0.3) is 11.6 Å². The first-order valence-electron chi connectivity index (χ1n) is 8.94. The van der Waals surface area contributed by atoms with Crippen molar-refractivity contribution in [2.24, 2.45) is 0 Å². The summed E-state index contributed by atoms with van der Waals surface area (Å²) in [6, 6.07) is 12.6. The molecule has 1 saturated heterocycles. The van der Waals surface area contributed by atoms with Gasteiger partial charge in [-0.2, -0.15) is 0 Å². The van der Waals surface area contributed by atoms with Crippen LogP contribution in [0.1, 0.15) is 27.0 Å². The zero-order chi connectivity index (χ0) is 19.2. The van der Waals surface area contributed by atoms with Crippen LogP contribution in [0.25, 0.3) is 0 Å². The van der Waals surface area contributed by atoms with E-state index < -0.39 is 4.92 Å². The molecule has 1 fully saturated rings. The third kappa shape index (κ3) is 5.12. The van der Waals surface area contributed by atoms with E-state index in [9.17, 15) is 14.9 Å². The second-order valence-corrected chi connectivity index (χ2v) is 6.65. The topological polar surface area (TPSA) is 84.7 Å². The zero-order valence-electron chi connectivity index (χ0n) is 15.3. The minimum Gasteiger partial charge on any atom is -0.379 e. The number of morpholine rings is 1. The minimum absolute atomic E-state index is 0.0461. The van der Waals surface area contributed by atoms with Crippen molar-refractivity contribution < 1.29 is 14.5 Å². The number of rotatable bonds is 6. The van der Waals surface area contributed by atoms with Gasteiger partial charge in [-0.25, -0.2) is 0 Å². The van der Waals surface area contributed by atoms with Crippen LogP contribution in [0.5, 0.6) is 0 Å². The number of carbonyl (C=O) groups excluding carboxylic acids is 1. The largest absolute Gasteiger partial charge is 0.379 e. The zero-order valence-corrected chi connectivity index (χ0v) is 15.3. The van der Waals surface area contributed by atoms with Crippen LogP contribution in [0.15, 0.2) is 42.5 Å². The highest BCUT2D eigenvalue weighted by Crippen LogP contribution is 2.19. The van der Waals surface area contributed by atoms with Crippen molar-refractivity contribution in [1.82, 2.24) is 10.2 Å². The van der Waals surface area contributed by atoms with E-state index in [-0.39, 0.29) is 17.2 Å². The lowest BCUT2D eigenvalue weighted by atomic mass is 10.1. The molecule has 1 amide bonds. The van der Waals surface area contributed by atoms with Gasteiger partial charge in [-0.3, -0.25) is 19.8 Å². The first-order chi connectivity index (χ1) is 13.0. The normalized spacial score (nSPS) is 14.7. The number of nitrogens with one attached hydrogen (secondary N) is 1. The third-order valence-corrected chi connectivity index (χ3v) is 4.62. The molecular formula is C20H23N3O4. The molecule has 27 heavy (non-hydrogen) atoms. The summed E-state index contributed by atoms with van der Waals surface area (Å²) < 4.78 is 5.37. The van der Waals surface area contributed by atoms with E-state index in [0.29, 0.717) is 12.1 Å². The Bertz CT molecular complexity index is 832. The summed E-state index contributed by atoms with van der Waals surface area (Å²) in [5, 5.41) is 13.9. The summed E-state index contributed by atoms with van der Waals surface area (Å²) in [4.78, 5) is 25.3. The van der Waals surface area contributed by atoms with Crippen molar-refractivity contribution in [3.05, 3.63) is 74.8 Å². The van der Waals surface area contributed by atoms with Gasteiger partial charge in [0.15, 0.2) is 0 Å². The highest BCUT2D eigenvalue weighted by molar-refractivity contribution is 5.94. The Morgan fingerprint density at radius 2 is 1.93 bits per heavy atom. The van der Waals surface area contributed by atoms with Gasteiger partial charge in [0, 0.05) is 43.4 Å². The smallest absolute Gasteiger partial charge is 0.273 e. The highest BCUT2D eigenvalue weighted by Gasteiger charge is 2.15.